The van der Waals surface area contributed by atoms with Gasteiger partial charge in [0.25, 0.3) is 0 Å². The van der Waals surface area contributed by atoms with Gasteiger partial charge in [0.05, 0.1) is 0 Å². The first kappa shape index (κ1) is 35.0. The molecule has 0 amide bonds. The summed E-state index contributed by atoms with van der Waals surface area (Å²) in [6.45, 7) is 4.81. The Hall–Kier alpha value is -7.76. The number of nitrogens with zero attached hydrogens (tertiary/aromatic N) is 2. The van der Waals surface area contributed by atoms with Crippen LogP contribution in [-0.4, -0.2) is 0 Å². The van der Waals surface area contributed by atoms with Gasteiger partial charge in [0.2, 0.25) is 0 Å². The molecular formula is C57H40N2O3. The first-order chi connectivity index (χ1) is 30.5. The zero-order chi connectivity index (χ0) is 41.1. The van der Waals surface area contributed by atoms with Crippen LogP contribution in [0.2, 0.25) is 0 Å². The largest absolute Gasteiger partial charge is 0.456 e. The number of furan rings is 3. The predicted molar refractivity (Wildman–Crippen MR) is 256 cm³/mol. The summed E-state index contributed by atoms with van der Waals surface area (Å²) in [4.78, 5) is 4.74. The van der Waals surface area contributed by atoms with E-state index in [0.29, 0.717) is 0 Å². The van der Waals surface area contributed by atoms with Gasteiger partial charge in [-0.05, 0) is 137 Å². The minimum Gasteiger partial charge on any atom is -0.456 e. The Balaban J connectivity index is 1.01. The van der Waals surface area contributed by atoms with Crippen LogP contribution in [0.25, 0.3) is 76.6 Å². The number of hydrogen-bond donors (Lipinski definition) is 0. The second-order valence-corrected chi connectivity index (χ2v) is 17.4. The molecule has 0 fully saturated rings. The van der Waals surface area contributed by atoms with Crippen molar-refractivity contribution >= 4 is 111 Å². The number of rotatable bonds is 6. The maximum atomic E-state index is 6.96. The molecule has 0 saturated carbocycles. The van der Waals surface area contributed by atoms with E-state index >= 15 is 0 Å². The average molecular weight is 801 g/mol. The van der Waals surface area contributed by atoms with Gasteiger partial charge in [-0.1, -0.05) is 92.7 Å². The molecule has 0 saturated heterocycles. The van der Waals surface area contributed by atoms with Gasteiger partial charge in [0, 0.05) is 72.5 Å². The number of benzene rings is 9. The predicted octanol–water partition coefficient (Wildman–Crippen LogP) is 16.7. The lowest BCUT2D eigenvalue weighted by Crippen LogP contribution is -2.24. The molecule has 0 aliphatic heterocycles. The third kappa shape index (κ3) is 5.21. The zero-order valence-electron chi connectivity index (χ0n) is 34.4. The molecule has 0 radical (unpaired) electrons. The molecule has 0 bridgehead atoms. The molecule has 12 aromatic rings. The molecule has 0 N–H and O–H groups in total. The Bertz CT molecular complexity index is 3740. The molecule has 0 atom stereocenters. The average Bonchev–Trinajstić information content (AvgIpc) is 3.99. The fraction of sp³-hybridized carbons (Fsp3) is 0.0877. The fourth-order valence-electron chi connectivity index (χ4n) is 10.4. The van der Waals surface area contributed by atoms with E-state index in [0.717, 1.165) is 102 Å². The van der Waals surface area contributed by atoms with E-state index in [9.17, 15) is 0 Å². The van der Waals surface area contributed by atoms with Crippen molar-refractivity contribution in [3.63, 3.8) is 0 Å². The van der Waals surface area contributed by atoms with E-state index in [1.165, 1.54) is 33.0 Å². The Morgan fingerprint density at radius 2 is 0.919 bits per heavy atom. The highest BCUT2D eigenvalue weighted by Gasteiger charge is 2.35. The van der Waals surface area contributed by atoms with Crippen LogP contribution in [0.5, 0.6) is 0 Å². The van der Waals surface area contributed by atoms with Crippen molar-refractivity contribution in [2.75, 3.05) is 9.80 Å². The lowest BCUT2D eigenvalue weighted by Gasteiger charge is -2.36. The van der Waals surface area contributed by atoms with Crippen LogP contribution in [0.3, 0.4) is 0 Å². The van der Waals surface area contributed by atoms with Gasteiger partial charge >= 0.3 is 0 Å². The van der Waals surface area contributed by atoms with Crippen LogP contribution in [0.4, 0.5) is 34.1 Å². The third-order valence-electron chi connectivity index (χ3n) is 13.2. The van der Waals surface area contributed by atoms with Crippen molar-refractivity contribution in [1.82, 2.24) is 0 Å². The summed E-state index contributed by atoms with van der Waals surface area (Å²) in [5, 5.41) is 9.31. The summed E-state index contributed by atoms with van der Waals surface area (Å²) in [5.41, 5.74) is 14.5. The van der Waals surface area contributed by atoms with Gasteiger partial charge in [-0.25, -0.2) is 0 Å². The second kappa shape index (κ2) is 13.1. The highest BCUT2D eigenvalue weighted by atomic mass is 16.3. The number of para-hydroxylation sites is 4. The Morgan fingerprint density at radius 3 is 1.58 bits per heavy atom. The summed E-state index contributed by atoms with van der Waals surface area (Å²) in [6, 6.07) is 64.6. The summed E-state index contributed by atoms with van der Waals surface area (Å²) < 4.78 is 19.5. The molecule has 13 rings (SSSR count). The fourth-order valence-corrected chi connectivity index (χ4v) is 10.4. The lowest BCUT2D eigenvalue weighted by atomic mass is 9.70. The molecule has 3 heterocycles. The summed E-state index contributed by atoms with van der Waals surface area (Å²) in [6.07, 6.45) is 1.97. The van der Waals surface area contributed by atoms with Crippen molar-refractivity contribution in [1.29, 1.82) is 0 Å². The summed E-state index contributed by atoms with van der Waals surface area (Å²) in [7, 11) is 0. The first-order valence-electron chi connectivity index (χ1n) is 21.5. The molecule has 5 heteroatoms. The molecule has 296 valence electrons. The van der Waals surface area contributed by atoms with Gasteiger partial charge < -0.3 is 23.1 Å². The first-order valence-corrected chi connectivity index (χ1v) is 21.5. The molecule has 3 aromatic heterocycles. The van der Waals surface area contributed by atoms with Crippen LogP contribution in [0.1, 0.15) is 31.4 Å². The van der Waals surface area contributed by atoms with Crippen molar-refractivity contribution < 1.29 is 13.3 Å². The van der Waals surface area contributed by atoms with Crippen LogP contribution >= 0.6 is 0 Å². The molecule has 0 spiro atoms. The topological polar surface area (TPSA) is 45.9 Å². The highest BCUT2D eigenvalue weighted by molar-refractivity contribution is 6.16. The van der Waals surface area contributed by atoms with Crippen LogP contribution in [0.15, 0.2) is 195 Å². The summed E-state index contributed by atoms with van der Waals surface area (Å²) in [5.74, 6) is 0. The molecule has 9 aromatic carbocycles. The van der Waals surface area contributed by atoms with E-state index in [1.807, 2.05) is 24.3 Å². The van der Waals surface area contributed by atoms with E-state index in [1.54, 1.807) is 0 Å². The SMILES string of the molecule is CC1(C)CCc2c(N(c3ccccc3)c3ccc4oc5ccccc5c4c3)ccc3cc4oc5cc(N(c6ccccc6)c6ccc7oc8ccccc8c7c6)ccc5c4c1c23. The molecular weight excluding hydrogens is 761 g/mol. The lowest BCUT2D eigenvalue weighted by molar-refractivity contribution is 0.478. The van der Waals surface area contributed by atoms with E-state index in [4.69, 9.17) is 13.3 Å². The maximum Gasteiger partial charge on any atom is 0.137 e. The van der Waals surface area contributed by atoms with Gasteiger partial charge in [-0.2, -0.15) is 0 Å². The maximum absolute atomic E-state index is 6.96. The molecule has 62 heavy (non-hydrogen) atoms. The molecule has 1 aliphatic rings. The third-order valence-corrected chi connectivity index (χ3v) is 13.2. The van der Waals surface area contributed by atoms with Crippen LogP contribution < -0.4 is 9.80 Å². The number of anilines is 6. The quantitative estimate of drug-likeness (QED) is 0.168. The number of hydrogen-bond acceptors (Lipinski definition) is 5. The number of fused-ring (bicyclic) bond motifs is 10. The van der Waals surface area contributed by atoms with Gasteiger partial charge in [0.15, 0.2) is 0 Å². The van der Waals surface area contributed by atoms with E-state index in [2.05, 4.69) is 181 Å². The molecule has 5 nitrogen and oxygen atoms in total. The van der Waals surface area contributed by atoms with Crippen molar-refractivity contribution in [2.45, 2.75) is 32.1 Å². The smallest absolute Gasteiger partial charge is 0.137 e. The van der Waals surface area contributed by atoms with Crippen molar-refractivity contribution in [3.05, 3.63) is 193 Å². The monoisotopic (exact) mass is 800 g/mol. The Kier molecular flexibility index (Phi) is 7.41. The Labute approximate surface area is 357 Å². The van der Waals surface area contributed by atoms with Crippen molar-refractivity contribution in [2.24, 2.45) is 0 Å². The van der Waals surface area contributed by atoms with Crippen LogP contribution in [-0.2, 0) is 11.8 Å². The normalized spacial score (nSPS) is 13.6. The number of aryl methyl sites for hydroxylation is 1. The highest BCUT2D eigenvalue weighted by Crippen LogP contribution is 2.52. The van der Waals surface area contributed by atoms with Gasteiger partial charge in [0.1, 0.15) is 33.5 Å². The van der Waals surface area contributed by atoms with E-state index in [-0.39, 0.29) is 5.41 Å². The minimum absolute atomic E-state index is 0.0933. The van der Waals surface area contributed by atoms with E-state index < -0.39 is 0 Å². The molecule has 1 aliphatic carbocycles. The van der Waals surface area contributed by atoms with Gasteiger partial charge in [-0.3, -0.25) is 0 Å². The van der Waals surface area contributed by atoms with Crippen molar-refractivity contribution in [3.8, 4) is 0 Å². The second-order valence-electron chi connectivity index (χ2n) is 17.4. The standard InChI is InChI=1S/C57H40N2O3/c1-57(2)30-29-43-47(59(37-15-7-4-8-16-37)39-24-28-51-46(33-39)42-18-10-12-20-49(42)61-51)26-21-35-31-53-55(56(57)54(35)43)44-25-22-40(34-52(44)62-53)58(36-13-5-3-6-14-36)38-23-27-50-45(32-38)41-17-9-11-19-48(41)60-50/h3-28,31-34H,29-30H2,1-2H3. The summed E-state index contributed by atoms with van der Waals surface area (Å²) >= 11 is 0. The zero-order valence-corrected chi connectivity index (χ0v) is 34.4. The van der Waals surface area contributed by atoms with Crippen LogP contribution in [0, 0.1) is 0 Å². The minimum atomic E-state index is -0.0933. The Morgan fingerprint density at radius 1 is 0.387 bits per heavy atom. The van der Waals surface area contributed by atoms with Gasteiger partial charge in [-0.15, -0.1) is 0 Å². The molecule has 0 unspecified atom stereocenters.